The van der Waals surface area contributed by atoms with Crippen molar-refractivity contribution in [1.29, 1.82) is 0 Å². The second-order valence-electron chi connectivity index (χ2n) is 6.83. The van der Waals surface area contributed by atoms with Crippen LogP contribution in [0.1, 0.15) is 34.3 Å². The quantitative estimate of drug-likeness (QED) is 0.867. The van der Waals surface area contributed by atoms with Crippen molar-refractivity contribution < 1.29 is 9.59 Å². The number of carbonyl (C=O) groups excluding carboxylic acids is 2. The number of piperidine rings is 1. The molecule has 26 heavy (non-hydrogen) atoms. The molecule has 1 aliphatic heterocycles. The number of anilines is 1. The molecule has 136 valence electrons. The summed E-state index contributed by atoms with van der Waals surface area (Å²) < 4.78 is 0. The molecule has 2 aromatic rings. The van der Waals surface area contributed by atoms with Crippen LogP contribution in [0.3, 0.4) is 0 Å². The minimum absolute atomic E-state index is 0.00152. The lowest BCUT2D eigenvalue weighted by molar-refractivity contribution is -0.121. The van der Waals surface area contributed by atoms with Crippen LogP contribution in [0.4, 0.5) is 5.69 Å². The molecule has 1 aliphatic rings. The van der Waals surface area contributed by atoms with Gasteiger partial charge < -0.3 is 10.2 Å². The highest BCUT2D eigenvalue weighted by atomic mass is 35.5. The minimum atomic E-state index is -0.0886. The van der Waals surface area contributed by atoms with Gasteiger partial charge in [0.1, 0.15) is 0 Å². The van der Waals surface area contributed by atoms with Crippen molar-refractivity contribution in [3.63, 3.8) is 0 Å². The molecule has 1 heterocycles. The third-order valence-electron chi connectivity index (χ3n) is 4.99. The van der Waals surface area contributed by atoms with Gasteiger partial charge in [-0.15, -0.1) is 0 Å². The molecule has 0 aliphatic carbocycles. The fraction of sp³-hybridized carbons (Fsp3) is 0.333. The average Bonchev–Trinajstić information content (AvgIpc) is 2.64. The molecule has 0 spiro atoms. The fourth-order valence-corrected chi connectivity index (χ4v) is 3.46. The lowest BCUT2D eigenvalue weighted by Gasteiger charge is -2.31. The zero-order valence-electron chi connectivity index (χ0n) is 15.1. The monoisotopic (exact) mass is 370 g/mol. The van der Waals surface area contributed by atoms with Gasteiger partial charge in [0.25, 0.3) is 5.91 Å². The number of benzene rings is 2. The molecule has 0 atom stereocenters. The summed E-state index contributed by atoms with van der Waals surface area (Å²) in [6.45, 7) is 5.08. The van der Waals surface area contributed by atoms with E-state index < -0.39 is 0 Å². The lowest BCUT2D eigenvalue weighted by Crippen LogP contribution is -2.41. The Morgan fingerprint density at radius 1 is 1.04 bits per heavy atom. The van der Waals surface area contributed by atoms with Crippen molar-refractivity contribution in [1.82, 2.24) is 4.90 Å². The molecule has 0 unspecified atom stereocenters. The van der Waals surface area contributed by atoms with Gasteiger partial charge in [0.2, 0.25) is 5.91 Å². The van der Waals surface area contributed by atoms with Crippen LogP contribution < -0.4 is 5.32 Å². The Morgan fingerprint density at radius 3 is 2.42 bits per heavy atom. The first-order valence-electron chi connectivity index (χ1n) is 8.87. The van der Waals surface area contributed by atoms with E-state index in [9.17, 15) is 9.59 Å². The van der Waals surface area contributed by atoms with E-state index in [0.717, 1.165) is 22.4 Å². The van der Waals surface area contributed by atoms with Crippen LogP contribution >= 0.6 is 11.6 Å². The number of nitrogens with one attached hydrogen (secondary N) is 1. The van der Waals surface area contributed by atoms with Gasteiger partial charge in [0.05, 0.1) is 0 Å². The molecule has 4 nitrogen and oxygen atoms in total. The molecule has 2 amide bonds. The highest BCUT2D eigenvalue weighted by molar-refractivity contribution is 6.31. The standard InChI is InChI=1S/C21H23ClN2O2/c1-14-5-3-4-6-18(14)21(26)24-11-9-16(10-12-24)20(25)23-19-13-17(22)8-7-15(19)2/h3-8,13,16H,9-12H2,1-2H3,(H,23,25). The van der Waals surface area contributed by atoms with Crippen molar-refractivity contribution in [2.24, 2.45) is 5.92 Å². The third kappa shape index (κ3) is 4.07. The summed E-state index contributed by atoms with van der Waals surface area (Å²) in [5.41, 5.74) is 3.45. The summed E-state index contributed by atoms with van der Waals surface area (Å²) in [5.74, 6) is -0.0414. The zero-order valence-corrected chi connectivity index (χ0v) is 15.8. The minimum Gasteiger partial charge on any atom is -0.339 e. The largest absolute Gasteiger partial charge is 0.339 e. The second-order valence-corrected chi connectivity index (χ2v) is 7.27. The zero-order chi connectivity index (χ0) is 18.7. The number of nitrogens with zero attached hydrogens (tertiary/aromatic N) is 1. The Kier molecular flexibility index (Phi) is 5.62. The molecule has 0 bridgehead atoms. The van der Waals surface area contributed by atoms with Gasteiger partial charge in [0, 0.05) is 35.3 Å². The topological polar surface area (TPSA) is 49.4 Å². The average molecular weight is 371 g/mol. The number of aryl methyl sites for hydroxylation is 2. The molecule has 3 rings (SSSR count). The van der Waals surface area contributed by atoms with Gasteiger partial charge in [-0.3, -0.25) is 9.59 Å². The lowest BCUT2D eigenvalue weighted by atomic mass is 9.94. The predicted octanol–water partition coefficient (Wildman–Crippen LogP) is 4.45. The number of hydrogen-bond donors (Lipinski definition) is 1. The van der Waals surface area contributed by atoms with Gasteiger partial charge in [-0.2, -0.15) is 0 Å². The molecule has 1 N–H and O–H groups in total. The van der Waals surface area contributed by atoms with Gasteiger partial charge in [0.15, 0.2) is 0 Å². The van der Waals surface area contributed by atoms with Gasteiger partial charge >= 0.3 is 0 Å². The van der Waals surface area contributed by atoms with Crippen molar-refractivity contribution in [2.75, 3.05) is 18.4 Å². The first kappa shape index (κ1) is 18.5. The number of likely N-dealkylation sites (tertiary alicyclic amines) is 1. The summed E-state index contributed by atoms with van der Waals surface area (Å²) >= 11 is 6.02. The predicted molar refractivity (Wildman–Crippen MR) is 105 cm³/mol. The van der Waals surface area contributed by atoms with Crippen LogP contribution in [0, 0.1) is 19.8 Å². The number of halogens is 1. The van der Waals surface area contributed by atoms with Crippen molar-refractivity contribution in [2.45, 2.75) is 26.7 Å². The van der Waals surface area contributed by atoms with E-state index in [1.165, 1.54) is 0 Å². The smallest absolute Gasteiger partial charge is 0.254 e. The summed E-state index contributed by atoms with van der Waals surface area (Å²) in [6.07, 6.45) is 1.34. The number of carbonyl (C=O) groups is 2. The Balaban J connectivity index is 1.60. The molecular weight excluding hydrogens is 348 g/mol. The van der Waals surface area contributed by atoms with Gasteiger partial charge in [-0.25, -0.2) is 0 Å². The van der Waals surface area contributed by atoms with Gasteiger partial charge in [-0.1, -0.05) is 35.9 Å². The molecule has 1 fully saturated rings. The van der Waals surface area contributed by atoms with E-state index in [-0.39, 0.29) is 17.7 Å². The molecular formula is C21H23ClN2O2. The molecule has 5 heteroatoms. The van der Waals surface area contributed by atoms with Crippen LogP contribution in [-0.4, -0.2) is 29.8 Å². The van der Waals surface area contributed by atoms with E-state index in [1.807, 2.05) is 55.1 Å². The Labute approximate surface area is 159 Å². The van der Waals surface area contributed by atoms with E-state index in [4.69, 9.17) is 11.6 Å². The SMILES string of the molecule is Cc1ccc(Cl)cc1NC(=O)C1CCN(C(=O)c2ccccc2C)CC1. The van der Waals surface area contributed by atoms with Crippen molar-refractivity contribution in [3.05, 3.63) is 64.2 Å². The summed E-state index contributed by atoms with van der Waals surface area (Å²) in [5, 5.41) is 3.58. The fourth-order valence-electron chi connectivity index (χ4n) is 3.29. The van der Waals surface area contributed by atoms with Crippen LogP contribution in [0.2, 0.25) is 5.02 Å². The van der Waals surface area contributed by atoms with E-state index >= 15 is 0 Å². The van der Waals surface area contributed by atoms with Crippen molar-refractivity contribution in [3.8, 4) is 0 Å². The van der Waals surface area contributed by atoms with Crippen LogP contribution in [0.5, 0.6) is 0 Å². The molecule has 0 radical (unpaired) electrons. The molecule has 2 aromatic carbocycles. The summed E-state index contributed by atoms with van der Waals surface area (Å²) in [6, 6.07) is 13.1. The number of rotatable bonds is 3. The Bertz CT molecular complexity index is 827. The van der Waals surface area contributed by atoms with E-state index in [1.54, 1.807) is 6.07 Å². The Morgan fingerprint density at radius 2 is 1.73 bits per heavy atom. The van der Waals surface area contributed by atoms with Gasteiger partial charge in [-0.05, 0) is 56.0 Å². The van der Waals surface area contributed by atoms with Crippen molar-refractivity contribution >= 4 is 29.1 Å². The third-order valence-corrected chi connectivity index (χ3v) is 5.22. The normalized spacial score (nSPS) is 15.0. The maximum absolute atomic E-state index is 12.7. The first-order chi connectivity index (χ1) is 12.5. The molecule has 0 aromatic heterocycles. The van der Waals surface area contributed by atoms with Crippen LogP contribution in [0.15, 0.2) is 42.5 Å². The van der Waals surface area contributed by atoms with Crippen LogP contribution in [-0.2, 0) is 4.79 Å². The van der Waals surface area contributed by atoms with E-state index in [0.29, 0.717) is 31.0 Å². The highest BCUT2D eigenvalue weighted by Crippen LogP contribution is 2.24. The maximum Gasteiger partial charge on any atom is 0.254 e. The number of hydrogen-bond acceptors (Lipinski definition) is 2. The summed E-state index contributed by atoms with van der Waals surface area (Å²) in [7, 11) is 0. The van der Waals surface area contributed by atoms with Crippen LogP contribution in [0.25, 0.3) is 0 Å². The second kappa shape index (κ2) is 7.92. The summed E-state index contributed by atoms with van der Waals surface area (Å²) in [4.78, 5) is 27.1. The maximum atomic E-state index is 12.7. The highest BCUT2D eigenvalue weighted by Gasteiger charge is 2.28. The number of amides is 2. The molecule has 0 saturated carbocycles. The molecule has 1 saturated heterocycles. The first-order valence-corrected chi connectivity index (χ1v) is 9.25. The van der Waals surface area contributed by atoms with E-state index in [2.05, 4.69) is 5.32 Å². The Hall–Kier alpha value is -2.33.